The smallest absolute Gasteiger partial charge is 0.305 e. The molecule has 2 atom stereocenters. The van der Waals surface area contributed by atoms with Crippen LogP contribution in [0.5, 0.6) is 0 Å². The first-order valence-electron chi connectivity index (χ1n) is 5.40. The predicted molar refractivity (Wildman–Crippen MR) is 61.9 cm³/mol. The van der Waals surface area contributed by atoms with E-state index >= 15 is 0 Å². The Labute approximate surface area is 96.4 Å². The standard InChI is InChI=1S/C11H22N2O3/c1-7(6-12)10(16)13-8(5-9(14)15)11(2,3)4/h7-8H,5-6,12H2,1-4H3,(H,13,16)(H,14,15). The number of hydrogen-bond acceptors (Lipinski definition) is 3. The molecule has 0 fully saturated rings. The highest BCUT2D eigenvalue weighted by molar-refractivity contribution is 5.79. The van der Waals surface area contributed by atoms with Crippen LogP contribution in [0.3, 0.4) is 0 Å². The number of rotatable bonds is 5. The molecule has 0 heterocycles. The Hall–Kier alpha value is -1.10. The fraction of sp³-hybridized carbons (Fsp3) is 0.818. The van der Waals surface area contributed by atoms with Crippen LogP contribution >= 0.6 is 0 Å². The molecule has 0 saturated heterocycles. The van der Waals surface area contributed by atoms with E-state index in [-0.39, 0.29) is 36.2 Å². The van der Waals surface area contributed by atoms with Crippen LogP contribution in [0.15, 0.2) is 0 Å². The maximum atomic E-state index is 11.6. The van der Waals surface area contributed by atoms with E-state index in [4.69, 9.17) is 10.8 Å². The number of carboxylic acids is 1. The van der Waals surface area contributed by atoms with Crippen LogP contribution in [0.4, 0.5) is 0 Å². The van der Waals surface area contributed by atoms with Crippen LogP contribution in [0, 0.1) is 11.3 Å². The Morgan fingerprint density at radius 1 is 1.38 bits per heavy atom. The molecule has 5 heteroatoms. The Morgan fingerprint density at radius 3 is 2.19 bits per heavy atom. The second-order valence-corrected chi connectivity index (χ2v) is 5.16. The van der Waals surface area contributed by atoms with Gasteiger partial charge in [-0.05, 0) is 5.41 Å². The van der Waals surface area contributed by atoms with E-state index in [2.05, 4.69) is 5.32 Å². The number of carbonyl (C=O) groups excluding carboxylic acids is 1. The fourth-order valence-electron chi connectivity index (χ4n) is 1.17. The molecule has 5 nitrogen and oxygen atoms in total. The molecule has 0 aromatic rings. The number of carboxylic acid groups (broad SMARTS) is 1. The summed E-state index contributed by atoms with van der Waals surface area (Å²) < 4.78 is 0. The topological polar surface area (TPSA) is 92.4 Å². The van der Waals surface area contributed by atoms with E-state index in [0.29, 0.717) is 0 Å². The average Bonchev–Trinajstić information content (AvgIpc) is 2.13. The van der Waals surface area contributed by atoms with Crippen LogP contribution in [0.2, 0.25) is 0 Å². The summed E-state index contributed by atoms with van der Waals surface area (Å²) in [6.07, 6.45) is -0.0769. The van der Waals surface area contributed by atoms with Crippen molar-refractivity contribution >= 4 is 11.9 Å². The van der Waals surface area contributed by atoms with Gasteiger partial charge in [-0.3, -0.25) is 9.59 Å². The third-order valence-electron chi connectivity index (χ3n) is 2.54. The molecule has 4 N–H and O–H groups in total. The highest BCUT2D eigenvalue weighted by Gasteiger charge is 2.29. The van der Waals surface area contributed by atoms with Gasteiger partial charge in [0.05, 0.1) is 6.42 Å². The molecule has 1 amide bonds. The summed E-state index contributed by atoms with van der Waals surface area (Å²) in [5.41, 5.74) is 5.09. The summed E-state index contributed by atoms with van der Waals surface area (Å²) >= 11 is 0. The number of carbonyl (C=O) groups is 2. The maximum Gasteiger partial charge on any atom is 0.305 e. The zero-order valence-electron chi connectivity index (χ0n) is 10.4. The predicted octanol–water partition coefficient (Wildman–Crippen LogP) is 0.587. The summed E-state index contributed by atoms with van der Waals surface area (Å²) in [5.74, 6) is -1.40. The summed E-state index contributed by atoms with van der Waals surface area (Å²) in [7, 11) is 0. The van der Waals surface area contributed by atoms with Crippen LogP contribution in [-0.2, 0) is 9.59 Å². The monoisotopic (exact) mass is 230 g/mol. The van der Waals surface area contributed by atoms with E-state index in [9.17, 15) is 9.59 Å². The van der Waals surface area contributed by atoms with Crippen molar-refractivity contribution in [2.45, 2.75) is 40.2 Å². The van der Waals surface area contributed by atoms with Crippen LogP contribution in [0.1, 0.15) is 34.1 Å². The summed E-state index contributed by atoms with van der Waals surface area (Å²) in [5, 5.41) is 11.5. The number of hydrogen-bond donors (Lipinski definition) is 3. The first kappa shape index (κ1) is 14.9. The second-order valence-electron chi connectivity index (χ2n) is 5.16. The minimum atomic E-state index is -0.916. The van der Waals surface area contributed by atoms with Gasteiger partial charge in [0, 0.05) is 18.5 Å². The molecule has 0 aromatic heterocycles. The van der Waals surface area contributed by atoms with Crippen LogP contribution in [0.25, 0.3) is 0 Å². The normalized spacial score (nSPS) is 15.3. The molecule has 16 heavy (non-hydrogen) atoms. The van der Waals surface area contributed by atoms with E-state index in [1.807, 2.05) is 20.8 Å². The zero-order valence-corrected chi connectivity index (χ0v) is 10.4. The molecule has 0 aliphatic rings. The second kappa shape index (κ2) is 5.84. The fourth-order valence-corrected chi connectivity index (χ4v) is 1.17. The van der Waals surface area contributed by atoms with Gasteiger partial charge in [-0.15, -0.1) is 0 Å². The van der Waals surface area contributed by atoms with Gasteiger partial charge in [-0.1, -0.05) is 27.7 Å². The van der Waals surface area contributed by atoms with Crippen molar-refractivity contribution < 1.29 is 14.7 Å². The minimum absolute atomic E-state index is 0.0769. The molecule has 0 radical (unpaired) electrons. The first-order valence-corrected chi connectivity index (χ1v) is 5.40. The van der Waals surface area contributed by atoms with Gasteiger partial charge in [0.15, 0.2) is 0 Å². The Morgan fingerprint density at radius 2 is 1.88 bits per heavy atom. The lowest BCUT2D eigenvalue weighted by Gasteiger charge is -2.31. The number of amides is 1. The Bertz CT molecular complexity index is 258. The highest BCUT2D eigenvalue weighted by atomic mass is 16.4. The van der Waals surface area contributed by atoms with Gasteiger partial charge >= 0.3 is 5.97 Å². The molecule has 0 aromatic carbocycles. The Kier molecular flexibility index (Phi) is 5.44. The third kappa shape index (κ3) is 5.11. The molecular formula is C11H22N2O3. The number of nitrogens with one attached hydrogen (secondary N) is 1. The SMILES string of the molecule is CC(CN)C(=O)NC(CC(=O)O)C(C)(C)C. The van der Waals surface area contributed by atoms with Gasteiger partial charge in [0.2, 0.25) is 5.91 Å². The molecule has 94 valence electrons. The molecule has 2 unspecified atom stereocenters. The largest absolute Gasteiger partial charge is 0.481 e. The lowest BCUT2D eigenvalue weighted by atomic mass is 9.84. The maximum absolute atomic E-state index is 11.6. The van der Waals surface area contributed by atoms with E-state index < -0.39 is 5.97 Å². The lowest BCUT2D eigenvalue weighted by molar-refractivity contribution is -0.138. The van der Waals surface area contributed by atoms with Crippen molar-refractivity contribution in [3.63, 3.8) is 0 Å². The quantitative estimate of drug-likeness (QED) is 0.644. The van der Waals surface area contributed by atoms with Crippen LogP contribution in [-0.4, -0.2) is 29.6 Å². The zero-order chi connectivity index (χ0) is 12.9. The lowest BCUT2D eigenvalue weighted by Crippen LogP contribution is -2.47. The number of nitrogens with two attached hydrogens (primary N) is 1. The van der Waals surface area contributed by atoms with Gasteiger partial charge in [0.25, 0.3) is 0 Å². The minimum Gasteiger partial charge on any atom is -0.481 e. The molecule has 0 rings (SSSR count). The van der Waals surface area contributed by atoms with Crippen molar-refractivity contribution in [1.82, 2.24) is 5.32 Å². The Balaban J connectivity index is 4.56. The van der Waals surface area contributed by atoms with Crippen molar-refractivity contribution in [1.29, 1.82) is 0 Å². The highest BCUT2D eigenvalue weighted by Crippen LogP contribution is 2.22. The van der Waals surface area contributed by atoms with E-state index in [1.54, 1.807) is 6.92 Å². The van der Waals surface area contributed by atoms with Gasteiger partial charge in [0.1, 0.15) is 0 Å². The first-order chi connectivity index (χ1) is 7.18. The van der Waals surface area contributed by atoms with Gasteiger partial charge < -0.3 is 16.2 Å². The third-order valence-corrected chi connectivity index (χ3v) is 2.54. The van der Waals surface area contributed by atoms with Gasteiger partial charge in [-0.25, -0.2) is 0 Å². The van der Waals surface area contributed by atoms with Crippen molar-refractivity contribution in [3.05, 3.63) is 0 Å². The molecule has 0 aliphatic carbocycles. The summed E-state index contributed by atoms with van der Waals surface area (Å²) in [4.78, 5) is 22.3. The van der Waals surface area contributed by atoms with Crippen molar-refractivity contribution in [2.24, 2.45) is 17.1 Å². The molecule has 0 spiro atoms. The van der Waals surface area contributed by atoms with E-state index in [1.165, 1.54) is 0 Å². The molecule has 0 saturated carbocycles. The number of aliphatic carboxylic acids is 1. The van der Waals surface area contributed by atoms with E-state index in [0.717, 1.165) is 0 Å². The average molecular weight is 230 g/mol. The van der Waals surface area contributed by atoms with Crippen molar-refractivity contribution in [2.75, 3.05) is 6.54 Å². The molecular weight excluding hydrogens is 208 g/mol. The summed E-state index contributed by atoms with van der Waals surface area (Å²) in [6.45, 7) is 7.67. The van der Waals surface area contributed by atoms with Gasteiger partial charge in [-0.2, -0.15) is 0 Å². The summed E-state index contributed by atoms with van der Waals surface area (Å²) in [6, 6.07) is -0.383. The molecule has 0 bridgehead atoms. The van der Waals surface area contributed by atoms with Crippen molar-refractivity contribution in [3.8, 4) is 0 Å². The molecule has 0 aliphatic heterocycles. The van der Waals surface area contributed by atoms with Crippen LogP contribution < -0.4 is 11.1 Å².